The van der Waals surface area contributed by atoms with Crippen LogP contribution in [0.3, 0.4) is 0 Å². The van der Waals surface area contributed by atoms with Gasteiger partial charge in [-0.3, -0.25) is 0 Å². The molecule has 0 fully saturated rings. The number of hydrogen-bond donors (Lipinski definition) is 2. The normalized spacial score (nSPS) is 10.0. The molecular formula is C15H18N4O2. The lowest BCUT2D eigenvalue weighted by Gasteiger charge is -2.08. The highest BCUT2D eigenvalue weighted by Crippen LogP contribution is 2.15. The Morgan fingerprint density at radius 2 is 2.00 bits per heavy atom. The van der Waals surface area contributed by atoms with Crippen LogP contribution >= 0.6 is 0 Å². The third-order valence-electron chi connectivity index (χ3n) is 2.77. The fourth-order valence-corrected chi connectivity index (χ4v) is 1.71. The molecular weight excluding hydrogens is 268 g/mol. The first-order valence-corrected chi connectivity index (χ1v) is 6.75. The molecule has 2 N–H and O–H groups in total. The monoisotopic (exact) mass is 286 g/mol. The predicted octanol–water partition coefficient (Wildman–Crippen LogP) is 2.83. The Balaban J connectivity index is 2.05. The highest BCUT2D eigenvalue weighted by atomic mass is 16.5. The molecule has 0 unspecified atom stereocenters. The van der Waals surface area contributed by atoms with Gasteiger partial charge >= 0.3 is 5.97 Å². The number of rotatable bonds is 6. The van der Waals surface area contributed by atoms with Crippen LogP contribution in [0.25, 0.3) is 0 Å². The minimum absolute atomic E-state index is 0.358. The molecule has 1 aromatic carbocycles. The molecule has 110 valence electrons. The summed E-state index contributed by atoms with van der Waals surface area (Å²) in [4.78, 5) is 19.9. The zero-order valence-corrected chi connectivity index (χ0v) is 12.1. The van der Waals surface area contributed by atoms with E-state index in [0.717, 1.165) is 24.5 Å². The van der Waals surface area contributed by atoms with Crippen molar-refractivity contribution in [3.8, 4) is 0 Å². The van der Waals surface area contributed by atoms with Crippen molar-refractivity contribution >= 4 is 23.4 Å². The molecule has 0 aliphatic rings. The van der Waals surface area contributed by atoms with Crippen LogP contribution in [0.5, 0.6) is 0 Å². The highest BCUT2D eigenvalue weighted by Gasteiger charge is 2.05. The van der Waals surface area contributed by atoms with Gasteiger partial charge in [0.25, 0.3) is 0 Å². The van der Waals surface area contributed by atoms with Crippen LogP contribution in [-0.2, 0) is 4.74 Å². The number of nitrogens with zero attached hydrogens (tertiary/aromatic N) is 2. The molecule has 6 nitrogen and oxygen atoms in total. The van der Waals surface area contributed by atoms with E-state index in [1.807, 2.05) is 6.07 Å². The summed E-state index contributed by atoms with van der Waals surface area (Å²) >= 11 is 0. The minimum Gasteiger partial charge on any atom is -0.465 e. The maximum atomic E-state index is 11.4. The van der Waals surface area contributed by atoms with Crippen LogP contribution in [0, 0.1) is 0 Å². The Morgan fingerprint density at radius 1 is 1.24 bits per heavy atom. The molecule has 21 heavy (non-hydrogen) atoms. The zero-order chi connectivity index (χ0) is 15.1. The number of hydrogen-bond acceptors (Lipinski definition) is 6. The van der Waals surface area contributed by atoms with Crippen molar-refractivity contribution in [2.45, 2.75) is 13.3 Å². The number of carbonyl (C=O) groups is 1. The number of aromatic nitrogens is 2. The van der Waals surface area contributed by atoms with Gasteiger partial charge in [-0.05, 0) is 36.8 Å². The van der Waals surface area contributed by atoms with Gasteiger partial charge in [0.1, 0.15) is 5.82 Å². The average molecular weight is 286 g/mol. The van der Waals surface area contributed by atoms with Gasteiger partial charge in [0.2, 0.25) is 5.95 Å². The second kappa shape index (κ2) is 7.23. The van der Waals surface area contributed by atoms with E-state index in [9.17, 15) is 4.79 Å². The summed E-state index contributed by atoms with van der Waals surface area (Å²) in [5, 5.41) is 6.29. The van der Waals surface area contributed by atoms with E-state index in [2.05, 4.69) is 32.3 Å². The van der Waals surface area contributed by atoms with Crippen LogP contribution in [0.1, 0.15) is 23.7 Å². The van der Waals surface area contributed by atoms with Gasteiger partial charge in [-0.15, -0.1) is 0 Å². The molecule has 0 saturated heterocycles. The number of benzene rings is 1. The van der Waals surface area contributed by atoms with E-state index < -0.39 is 0 Å². The molecule has 1 aromatic heterocycles. The van der Waals surface area contributed by atoms with Gasteiger partial charge in [-0.1, -0.05) is 6.92 Å². The highest BCUT2D eigenvalue weighted by molar-refractivity contribution is 5.89. The lowest BCUT2D eigenvalue weighted by Crippen LogP contribution is -2.05. The quantitative estimate of drug-likeness (QED) is 0.795. The zero-order valence-electron chi connectivity index (χ0n) is 12.1. The predicted molar refractivity (Wildman–Crippen MR) is 81.9 cm³/mol. The van der Waals surface area contributed by atoms with E-state index in [0.29, 0.717) is 11.5 Å². The fraction of sp³-hybridized carbons (Fsp3) is 0.267. The summed E-state index contributed by atoms with van der Waals surface area (Å²) in [7, 11) is 1.36. The summed E-state index contributed by atoms with van der Waals surface area (Å²) in [5.41, 5.74) is 1.30. The first-order chi connectivity index (χ1) is 10.2. The van der Waals surface area contributed by atoms with Crippen molar-refractivity contribution in [1.82, 2.24) is 9.97 Å². The average Bonchev–Trinajstić information content (AvgIpc) is 2.53. The first kappa shape index (κ1) is 14.8. The van der Waals surface area contributed by atoms with Crippen molar-refractivity contribution in [2.75, 3.05) is 24.3 Å². The lowest BCUT2D eigenvalue weighted by atomic mass is 10.2. The SMILES string of the molecule is CCCNc1ccnc(Nc2ccc(C(=O)OC)cc2)n1. The number of nitrogens with one attached hydrogen (secondary N) is 2. The molecule has 6 heteroatoms. The first-order valence-electron chi connectivity index (χ1n) is 6.75. The molecule has 0 bridgehead atoms. The molecule has 2 aromatic rings. The van der Waals surface area contributed by atoms with Crippen LogP contribution in [0.2, 0.25) is 0 Å². The molecule has 1 heterocycles. The number of methoxy groups -OCH3 is 1. The van der Waals surface area contributed by atoms with Crippen LogP contribution in [0.15, 0.2) is 36.5 Å². The molecule has 2 rings (SSSR count). The Hall–Kier alpha value is -2.63. The number of ether oxygens (including phenoxy) is 1. The molecule has 0 aliphatic heterocycles. The molecule has 0 aliphatic carbocycles. The van der Waals surface area contributed by atoms with E-state index in [1.54, 1.807) is 30.5 Å². The second-order valence-corrected chi connectivity index (χ2v) is 4.39. The Bertz CT molecular complexity index is 599. The van der Waals surface area contributed by atoms with Crippen molar-refractivity contribution in [3.05, 3.63) is 42.1 Å². The fourth-order valence-electron chi connectivity index (χ4n) is 1.71. The largest absolute Gasteiger partial charge is 0.465 e. The van der Waals surface area contributed by atoms with Gasteiger partial charge in [0.05, 0.1) is 12.7 Å². The summed E-state index contributed by atoms with van der Waals surface area (Å²) < 4.78 is 4.66. The van der Waals surface area contributed by atoms with Gasteiger partial charge < -0.3 is 15.4 Å². The number of esters is 1. The standard InChI is InChI=1S/C15H18N4O2/c1-3-9-16-13-8-10-17-15(19-13)18-12-6-4-11(5-7-12)14(20)21-2/h4-8,10H,3,9H2,1-2H3,(H2,16,17,18,19). The minimum atomic E-state index is -0.358. The molecule has 0 atom stereocenters. The van der Waals surface area contributed by atoms with E-state index in [1.165, 1.54) is 7.11 Å². The van der Waals surface area contributed by atoms with Crippen LogP contribution < -0.4 is 10.6 Å². The summed E-state index contributed by atoms with van der Waals surface area (Å²) in [6, 6.07) is 8.76. The van der Waals surface area contributed by atoms with Crippen LogP contribution in [0.4, 0.5) is 17.5 Å². The van der Waals surface area contributed by atoms with Crippen molar-refractivity contribution in [2.24, 2.45) is 0 Å². The summed E-state index contributed by atoms with van der Waals surface area (Å²) in [6.45, 7) is 2.96. The van der Waals surface area contributed by atoms with Gasteiger partial charge in [0, 0.05) is 18.4 Å². The van der Waals surface area contributed by atoms with Crippen molar-refractivity contribution < 1.29 is 9.53 Å². The van der Waals surface area contributed by atoms with Crippen molar-refractivity contribution in [3.63, 3.8) is 0 Å². The topological polar surface area (TPSA) is 76.1 Å². The summed E-state index contributed by atoms with van der Waals surface area (Å²) in [5.74, 6) is 0.922. The molecule has 0 spiro atoms. The van der Waals surface area contributed by atoms with Gasteiger partial charge in [0.15, 0.2) is 0 Å². The smallest absolute Gasteiger partial charge is 0.337 e. The molecule has 0 saturated carbocycles. The maximum Gasteiger partial charge on any atom is 0.337 e. The Morgan fingerprint density at radius 3 is 2.67 bits per heavy atom. The maximum absolute atomic E-state index is 11.4. The molecule has 0 radical (unpaired) electrons. The molecule has 0 amide bonds. The van der Waals surface area contributed by atoms with Crippen LogP contribution in [-0.4, -0.2) is 29.6 Å². The second-order valence-electron chi connectivity index (χ2n) is 4.39. The van der Waals surface area contributed by atoms with E-state index in [-0.39, 0.29) is 5.97 Å². The van der Waals surface area contributed by atoms with Gasteiger partial charge in [-0.25, -0.2) is 9.78 Å². The third kappa shape index (κ3) is 4.17. The van der Waals surface area contributed by atoms with Gasteiger partial charge in [-0.2, -0.15) is 4.98 Å². The number of anilines is 3. The third-order valence-corrected chi connectivity index (χ3v) is 2.77. The van der Waals surface area contributed by atoms with E-state index >= 15 is 0 Å². The number of carbonyl (C=O) groups excluding carboxylic acids is 1. The Kier molecular flexibility index (Phi) is 5.09. The Labute approximate surface area is 123 Å². The lowest BCUT2D eigenvalue weighted by molar-refractivity contribution is 0.0601. The van der Waals surface area contributed by atoms with Crippen molar-refractivity contribution in [1.29, 1.82) is 0 Å². The summed E-state index contributed by atoms with van der Waals surface area (Å²) in [6.07, 6.45) is 2.72. The van der Waals surface area contributed by atoms with E-state index in [4.69, 9.17) is 0 Å².